The zero-order valence-corrected chi connectivity index (χ0v) is 25.6. The van der Waals surface area contributed by atoms with Crippen LogP contribution in [0.25, 0.3) is 66.1 Å². The molecular formula is C46H31NO. The zero-order chi connectivity index (χ0) is 39.7. The number of hydrogen-bond acceptors (Lipinski definition) is 2. The minimum absolute atomic E-state index is 0.0797. The Hall–Kier alpha value is -6.38. The lowest BCUT2D eigenvalue weighted by Gasteiger charge is -2.26. The van der Waals surface area contributed by atoms with Crippen molar-refractivity contribution in [3.8, 4) is 33.4 Å². The first-order chi connectivity index (χ1) is 27.5. The Kier molecular flexibility index (Phi) is 4.90. The van der Waals surface area contributed by atoms with Gasteiger partial charge in [-0.05, 0) is 93.3 Å². The molecule has 0 aliphatic heterocycles. The molecule has 0 bridgehead atoms. The van der Waals surface area contributed by atoms with Crippen LogP contribution in [0, 0.1) is 0 Å². The topological polar surface area (TPSA) is 16.4 Å². The maximum atomic E-state index is 9.35. The van der Waals surface area contributed by atoms with Crippen LogP contribution in [0.2, 0.25) is 0 Å². The molecule has 0 amide bonds. The Morgan fingerprint density at radius 3 is 1.94 bits per heavy atom. The molecule has 0 atom stereocenters. The van der Waals surface area contributed by atoms with Gasteiger partial charge in [-0.25, -0.2) is 0 Å². The van der Waals surface area contributed by atoms with Crippen LogP contribution >= 0.6 is 0 Å². The van der Waals surface area contributed by atoms with Gasteiger partial charge in [-0.15, -0.1) is 0 Å². The van der Waals surface area contributed by atoms with E-state index in [1.54, 1.807) is 24.3 Å². The molecule has 0 aliphatic carbocycles. The van der Waals surface area contributed by atoms with Crippen LogP contribution in [-0.2, 0) is 0 Å². The Balaban J connectivity index is 1.23. The standard InChI is InChI=1S/C46H31NO/c1-3-11-32(12-4-1)36-14-9-15-37(31-36)33-21-26-39(27-22-33)47(38-16-5-2-6-17-38)40-28-23-35(24-29-40)41-19-10-20-44-45(41)43-30-25-34-13-7-8-18-42(34)46(43)48-44/h1-31H/i2D,5D,6D,16D,17D,21D,22D,26D,27D. The summed E-state index contributed by atoms with van der Waals surface area (Å²) in [7, 11) is 0. The quantitative estimate of drug-likeness (QED) is 0.183. The Morgan fingerprint density at radius 1 is 0.438 bits per heavy atom. The molecule has 8 aromatic carbocycles. The predicted molar refractivity (Wildman–Crippen MR) is 202 cm³/mol. The van der Waals surface area contributed by atoms with E-state index in [2.05, 4.69) is 6.07 Å². The molecule has 0 radical (unpaired) electrons. The molecule has 0 saturated carbocycles. The van der Waals surface area contributed by atoms with E-state index < -0.39 is 42.3 Å². The maximum Gasteiger partial charge on any atom is 0.143 e. The number of furan rings is 1. The molecular weight excluding hydrogens is 583 g/mol. The monoisotopic (exact) mass is 622 g/mol. The van der Waals surface area contributed by atoms with Crippen molar-refractivity contribution in [2.45, 2.75) is 0 Å². The van der Waals surface area contributed by atoms with E-state index in [4.69, 9.17) is 11.3 Å². The summed E-state index contributed by atoms with van der Waals surface area (Å²) in [4.78, 5) is 1.24. The summed E-state index contributed by atoms with van der Waals surface area (Å²) in [6, 6.07) is 37.4. The SMILES string of the molecule is [2H]c1c([2H])c([2H])c(N(c2ccc(-c3cccc4oc5c6ccccc6ccc5c34)cc2)c2c([2H])c([2H])c(-c3cccc(-c4ccccc4)c3)c([2H])c2[2H])c([2H])c1[2H]. The summed E-state index contributed by atoms with van der Waals surface area (Å²) in [5, 5.41) is 3.92. The highest BCUT2D eigenvalue weighted by molar-refractivity contribution is 6.19. The van der Waals surface area contributed by atoms with Crippen molar-refractivity contribution in [2.24, 2.45) is 0 Å². The van der Waals surface area contributed by atoms with E-state index in [0.29, 0.717) is 11.1 Å². The summed E-state index contributed by atoms with van der Waals surface area (Å²) < 4.78 is 86.7. The van der Waals surface area contributed by atoms with E-state index in [9.17, 15) is 5.48 Å². The van der Waals surface area contributed by atoms with E-state index in [-0.39, 0.29) is 34.7 Å². The molecule has 9 rings (SSSR count). The van der Waals surface area contributed by atoms with Crippen molar-refractivity contribution in [1.82, 2.24) is 0 Å². The van der Waals surface area contributed by atoms with Crippen LogP contribution in [0.1, 0.15) is 12.3 Å². The second kappa shape index (κ2) is 11.8. The predicted octanol–water partition coefficient (Wildman–Crippen LogP) is 13.2. The second-order valence-corrected chi connectivity index (χ2v) is 11.5. The van der Waals surface area contributed by atoms with Gasteiger partial charge >= 0.3 is 0 Å². The third-order valence-electron chi connectivity index (χ3n) is 8.63. The lowest BCUT2D eigenvalue weighted by molar-refractivity contribution is 0.673. The maximum absolute atomic E-state index is 9.35. The Labute approximate surface area is 292 Å². The second-order valence-electron chi connectivity index (χ2n) is 11.5. The van der Waals surface area contributed by atoms with Gasteiger partial charge in [0.25, 0.3) is 0 Å². The van der Waals surface area contributed by atoms with Gasteiger partial charge < -0.3 is 9.32 Å². The number of hydrogen-bond donors (Lipinski definition) is 0. The highest BCUT2D eigenvalue weighted by atomic mass is 16.3. The summed E-state index contributed by atoms with van der Waals surface area (Å²) in [5.74, 6) is 0. The number of benzene rings is 8. The first-order valence-electron chi connectivity index (χ1n) is 20.1. The zero-order valence-electron chi connectivity index (χ0n) is 34.6. The number of para-hydroxylation sites is 1. The summed E-state index contributed by atoms with van der Waals surface area (Å²) in [5.41, 5.74) is 5.20. The van der Waals surface area contributed by atoms with E-state index in [1.165, 1.54) is 4.90 Å². The molecule has 2 heteroatoms. The minimum Gasteiger partial charge on any atom is -0.455 e. The number of nitrogens with zero attached hydrogens (tertiary/aromatic N) is 1. The van der Waals surface area contributed by atoms with E-state index >= 15 is 0 Å². The first kappa shape index (κ1) is 20.0. The average Bonchev–Trinajstić information content (AvgIpc) is 3.64. The summed E-state index contributed by atoms with van der Waals surface area (Å²) >= 11 is 0. The molecule has 0 unspecified atom stereocenters. The molecule has 1 heterocycles. The molecule has 1 aromatic heterocycles. The Bertz CT molecular complexity index is 3010. The molecule has 0 spiro atoms. The van der Waals surface area contributed by atoms with Crippen LogP contribution < -0.4 is 4.90 Å². The lowest BCUT2D eigenvalue weighted by atomic mass is 9.97. The number of rotatable bonds is 6. The normalized spacial score (nSPS) is 14.0. The average molecular weight is 623 g/mol. The van der Waals surface area contributed by atoms with Crippen LogP contribution in [0.4, 0.5) is 17.1 Å². The fourth-order valence-electron chi connectivity index (χ4n) is 6.36. The van der Waals surface area contributed by atoms with E-state index in [1.807, 2.05) is 103 Å². The molecule has 0 saturated heterocycles. The molecule has 9 aromatic rings. The van der Waals surface area contributed by atoms with Gasteiger partial charge in [-0.1, -0.05) is 133 Å². The van der Waals surface area contributed by atoms with Gasteiger partial charge in [0.2, 0.25) is 0 Å². The van der Waals surface area contributed by atoms with Gasteiger partial charge in [0.05, 0.1) is 12.3 Å². The van der Waals surface area contributed by atoms with Gasteiger partial charge in [0.15, 0.2) is 0 Å². The largest absolute Gasteiger partial charge is 0.455 e. The van der Waals surface area contributed by atoms with Gasteiger partial charge in [-0.3, -0.25) is 0 Å². The van der Waals surface area contributed by atoms with Crippen molar-refractivity contribution >= 4 is 49.8 Å². The molecule has 2 nitrogen and oxygen atoms in total. The highest BCUT2D eigenvalue weighted by Gasteiger charge is 2.16. The summed E-state index contributed by atoms with van der Waals surface area (Å²) in [6.07, 6.45) is 0. The molecule has 0 N–H and O–H groups in total. The molecule has 226 valence electrons. The fourth-order valence-corrected chi connectivity index (χ4v) is 6.36. The first-order valence-corrected chi connectivity index (χ1v) is 15.6. The fraction of sp³-hybridized carbons (Fsp3) is 0. The lowest BCUT2D eigenvalue weighted by Crippen LogP contribution is -2.09. The van der Waals surface area contributed by atoms with Crippen molar-refractivity contribution in [1.29, 1.82) is 0 Å². The summed E-state index contributed by atoms with van der Waals surface area (Å²) in [6.45, 7) is 0. The minimum atomic E-state index is -0.594. The highest BCUT2D eigenvalue weighted by Crippen LogP contribution is 2.41. The van der Waals surface area contributed by atoms with Gasteiger partial charge in [0, 0.05) is 33.2 Å². The smallest absolute Gasteiger partial charge is 0.143 e. The Morgan fingerprint density at radius 2 is 1.12 bits per heavy atom. The van der Waals surface area contributed by atoms with Crippen LogP contribution in [0.3, 0.4) is 0 Å². The van der Waals surface area contributed by atoms with Gasteiger partial charge in [0.1, 0.15) is 11.2 Å². The van der Waals surface area contributed by atoms with Crippen molar-refractivity contribution < 1.29 is 16.8 Å². The van der Waals surface area contributed by atoms with Crippen LogP contribution in [0.5, 0.6) is 0 Å². The van der Waals surface area contributed by atoms with Crippen LogP contribution in [-0.4, -0.2) is 0 Å². The third kappa shape index (κ3) is 4.92. The number of anilines is 3. The van der Waals surface area contributed by atoms with Crippen molar-refractivity contribution in [3.05, 3.63) is 188 Å². The molecule has 48 heavy (non-hydrogen) atoms. The van der Waals surface area contributed by atoms with Crippen molar-refractivity contribution in [2.75, 3.05) is 4.90 Å². The molecule has 0 fully saturated rings. The van der Waals surface area contributed by atoms with Crippen LogP contribution in [0.15, 0.2) is 192 Å². The van der Waals surface area contributed by atoms with E-state index in [0.717, 1.165) is 49.4 Å². The van der Waals surface area contributed by atoms with Crippen molar-refractivity contribution in [3.63, 3.8) is 0 Å². The number of fused-ring (bicyclic) bond motifs is 5. The molecule has 0 aliphatic rings. The van der Waals surface area contributed by atoms with Gasteiger partial charge in [-0.2, -0.15) is 0 Å². The third-order valence-corrected chi connectivity index (χ3v) is 8.63.